The maximum atomic E-state index is 12.7. The fraction of sp³-hybridized carbons (Fsp3) is 0.455. The molecule has 2 saturated carbocycles. The molecule has 0 amide bonds. The lowest BCUT2D eigenvalue weighted by molar-refractivity contribution is 0.673. The minimum Gasteiger partial charge on any atom is -0.758 e. The maximum absolute atomic E-state index is 12.7. The summed E-state index contributed by atoms with van der Waals surface area (Å²) < 4.78 is 0. The average Bonchev–Trinajstić information content (AvgIpc) is 3.44. The summed E-state index contributed by atoms with van der Waals surface area (Å²) in [6.07, 6.45) is 8.52. The van der Waals surface area contributed by atoms with E-state index in [9.17, 15) is 10.4 Å². The van der Waals surface area contributed by atoms with Crippen molar-refractivity contribution in [1.82, 2.24) is 0 Å². The van der Waals surface area contributed by atoms with Gasteiger partial charge in [-0.2, -0.15) is 0 Å². The first-order valence-corrected chi connectivity index (χ1v) is 11.2. The molecule has 0 bridgehead atoms. The van der Waals surface area contributed by atoms with Gasteiger partial charge in [-0.1, -0.05) is 37.4 Å². The van der Waals surface area contributed by atoms with Crippen molar-refractivity contribution in [3.05, 3.63) is 46.8 Å². The molecule has 5 rings (SSSR count). The summed E-state index contributed by atoms with van der Waals surface area (Å²) in [5.74, 6) is 0. The molecule has 0 radical (unpaired) electrons. The van der Waals surface area contributed by atoms with Crippen LogP contribution >= 0.6 is 11.8 Å². The normalized spacial score (nSPS) is 19.2. The van der Waals surface area contributed by atoms with Crippen molar-refractivity contribution in [2.45, 2.75) is 73.2 Å². The van der Waals surface area contributed by atoms with E-state index in [1.807, 2.05) is 36.4 Å². The van der Waals surface area contributed by atoms with Crippen molar-refractivity contribution in [3.8, 4) is 0 Å². The Morgan fingerprint density at radius 3 is 1.57 bits per heavy atom. The van der Waals surface area contributed by atoms with Crippen LogP contribution in [0.4, 0.5) is 22.7 Å². The predicted octanol–water partition coefficient (Wildman–Crippen LogP) is 6.39. The highest BCUT2D eigenvalue weighted by Crippen LogP contribution is 2.47. The van der Waals surface area contributed by atoms with Gasteiger partial charge in [0.2, 0.25) is 0 Å². The molecule has 0 unspecified atom stereocenters. The summed E-state index contributed by atoms with van der Waals surface area (Å²) in [7, 11) is 0. The van der Waals surface area contributed by atoms with E-state index < -0.39 is 0 Å². The largest absolute Gasteiger partial charge is 0.758 e. The Kier molecular flexibility index (Phi) is 4.87. The summed E-state index contributed by atoms with van der Waals surface area (Å²) in [6, 6.07) is 12.0. The number of nitrogens with zero attached hydrogens (tertiary/aromatic N) is 2. The lowest BCUT2D eigenvalue weighted by atomic mass is 10.2. The molecule has 0 spiro atoms. The Morgan fingerprint density at radius 2 is 1.14 bits per heavy atom. The van der Waals surface area contributed by atoms with Crippen molar-refractivity contribution in [1.29, 1.82) is 0 Å². The summed E-state index contributed by atoms with van der Waals surface area (Å²) in [5.41, 5.74) is 3.50. The third-order valence-corrected chi connectivity index (χ3v) is 7.36. The van der Waals surface area contributed by atoms with Gasteiger partial charge in [0.05, 0.1) is 11.4 Å². The number of anilines is 4. The number of nitrogens with one attached hydrogen (secondary N) is 1. The molecule has 5 nitrogen and oxygen atoms in total. The van der Waals surface area contributed by atoms with Crippen molar-refractivity contribution >= 4 is 34.5 Å². The Bertz CT molecular complexity index is 793. The molecular weight excluding hydrogens is 370 g/mol. The number of hydroxylamine groups is 2. The van der Waals surface area contributed by atoms with E-state index >= 15 is 0 Å². The second kappa shape index (κ2) is 7.50. The van der Waals surface area contributed by atoms with Crippen LogP contribution in [0, 0.1) is 10.4 Å². The van der Waals surface area contributed by atoms with E-state index in [4.69, 9.17) is 0 Å². The van der Waals surface area contributed by atoms with E-state index in [-0.39, 0.29) is 12.1 Å². The number of hydrogen-bond acceptors (Lipinski definition) is 6. The van der Waals surface area contributed by atoms with Gasteiger partial charge in [-0.3, -0.25) is 0 Å². The molecule has 0 atom stereocenters. The third-order valence-electron chi connectivity index (χ3n) is 6.24. The van der Waals surface area contributed by atoms with Gasteiger partial charge >= 0.3 is 0 Å². The van der Waals surface area contributed by atoms with Crippen molar-refractivity contribution < 1.29 is 0 Å². The van der Waals surface area contributed by atoms with Crippen molar-refractivity contribution in [3.63, 3.8) is 0 Å². The van der Waals surface area contributed by atoms with Crippen LogP contribution in [0.15, 0.2) is 46.2 Å². The second-order valence-corrected chi connectivity index (χ2v) is 9.20. The van der Waals surface area contributed by atoms with Crippen LogP contribution in [0.3, 0.4) is 0 Å². The summed E-state index contributed by atoms with van der Waals surface area (Å²) in [6.45, 7) is 0. The molecule has 28 heavy (non-hydrogen) atoms. The highest BCUT2D eigenvalue weighted by atomic mass is 32.2. The monoisotopic (exact) mass is 395 g/mol. The first kappa shape index (κ1) is 18.2. The molecule has 1 N–H and O–H groups in total. The highest BCUT2D eigenvalue weighted by molar-refractivity contribution is 7.99. The molecule has 1 aliphatic heterocycles. The van der Waals surface area contributed by atoms with Crippen molar-refractivity contribution in [2.75, 3.05) is 15.4 Å². The summed E-state index contributed by atoms with van der Waals surface area (Å²) >= 11 is 1.64. The molecule has 2 fully saturated rings. The van der Waals surface area contributed by atoms with Gasteiger partial charge in [0, 0.05) is 33.2 Å². The fourth-order valence-corrected chi connectivity index (χ4v) is 5.69. The van der Waals surface area contributed by atoms with Gasteiger partial charge in [0.15, 0.2) is 0 Å². The Hall–Kier alpha value is -1.89. The molecule has 1 heterocycles. The van der Waals surface area contributed by atoms with E-state index in [1.54, 1.807) is 11.8 Å². The molecule has 3 aliphatic rings. The SMILES string of the molecule is [O-]N(c1ccc2c(c1)Sc1cc(N([O-])C3CCCC3)ccc1N2)C1CCCC1. The van der Waals surface area contributed by atoms with Gasteiger partial charge < -0.3 is 25.9 Å². The van der Waals surface area contributed by atoms with Crippen LogP contribution in [0.25, 0.3) is 0 Å². The first-order chi connectivity index (χ1) is 13.7. The van der Waals surface area contributed by atoms with E-state index in [0.29, 0.717) is 0 Å². The molecule has 0 saturated heterocycles. The number of fused-ring (bicyclic) bond motifs is 2. The van der Waals surface area contributed by atoms with Crippen LogP contribution in [-0.4, -0.2) is 12.1 Å². The number of hydrogen-bond donors (Lipinski definition) is 1. The zero-order valence-corrected chi connectivity index (χ0v) is 16.7. The fourth-order valence-electron chi connectivity index (χ4n) is 4.63. The number of benzene rings is 2. The van der Waals surface area contributed by atoms with E-state index in [0.717, 1.165) is 83.9 Å². The molecule has 0 aromatic heterocycles. The number of rotatable bonds is 4. The summed E-state index contributed by atoms with van der Waals surface area (Å²) in [4.78, 5) is 2.08. The molecule has 148 valence electrons. The lowest BCUT2D eigenvalue weighted by Crippen LogP contribution is -2.27. The molecule has 2 aliphatic carbocycles. The maximum Gasteiger partial charge on any atom is 0.0527 e. The van der Waals surface area contributed by atoms with E-state index in [1.165, 1.54) is 10.1 Å². The average molecular weight is 396 g/mol. The Balaban J connectivity index is 1.38. The topological polar surface area (TPSA) is 64.6 Å². The van der Waals surface area contributed by atoms with E-state index in [2.05, 4.69) is 5.32 Å². The lowest BCUT2D eigenvalue weighted by Gasteiger charge is -2.38. The Labute approximate surface area is 170 Å². The predicted molar refractivity (Wildman–Crippen MR) is 116 cm³/mol. The molecule has 6 heteroatoms. The van der Waals surface area contributed by atoms with Crippen LogP contribution in [0.5, 0.6) is 0 Å². The summed E-state index contributed by atoms with van der Waals surface area (Å²) in [5, 5.41) is 31.3. The van der Waals surface area contributed by atoms with Crippen LogP contribution in [-0.2, 0) is 0 Å². The van der Waals surface area contributed by atoms with Gasteiger partial charge in [-0.05, 0) is 62.1 Å². The second-order valence-electron chi connectivity index (χ2n) is 8.12. The Morgan fingerprint density at radius 1 is 0.714 bits per heavy atom. The van der Waals surface area contributed by atoms with Crippen molar-refractivity contribution in [2.24, 2.45) is 0 Å². The molecular formula is C22H25N3O2S-2. The zero-order valence-electron chi connectivity index (χ0n) is 15.9. The highest BCUT2D eigenvalue weighted by Gasteiger charge is 2.22. The van der Waals surface area contributed by atoms with Gasteiger partial charge in [-0.25, -0.2) is 0 Å². The minimum absolute atomic E-state index is 0.110. The molecule has 2 aromatic rings. The first-order valence-electron chi connectivity index (χ1n) is 10.3. The molecule has 2 aromatic carbocycles. The van der Waals surface area contributed by atoms with Crippen LogP contribution in [0.2, 0.25) is 0 Å². The minimum atomic E-state index is 0.110. The third kappa shape index (κ3) is 3.34. The zero-order chi connectivity index (χ0) is 19.1. The quantitative estimate of drug-likeness (QED) is 0.517. The smallest absolute Gasteiger partial charge is 0.0527 e. The standard InChI is InChI=1S/C22H25N3O2S/c26-24(15-5-1-2-6-15)17-9-11-19-21(13-17)28-22-14-18(10-12-20(22)23-19)25(27)16-7-3-4-8-16/h9-16,23H,1-8H2/q-2. The van der Waals surface area contributed by atoms with Gasteiger partial charge in [-0.15, -0.1) is 0 Å². The van der Waals surface area contributed by atoms with Crippen LogP contribution < -0.4 is 15.4 Å². The van der Waals surface area contributed by atoms with Gasteiger partial charge in [0.25, 0.3) is 0 Å². The van der Waals surface area contributed by atoms with Gasteiger partial charge in [0.1, 0.15) is 0 Å². The van der Waals surface area contributed by atoms with Crippen LogP contribution in [0.1, 0.15) is 51.4 Å².